The molecule has 1 unspecified atom stereocenters. The van der Waals surface area contributed by atoms with Gasteiger partial charge in [0.2, 0.25) is 0 Å². The fraction of sp³-hybridized carbons (Fsp3) is 0.875. The highest BCUT2D eigenvalue weighted by molar-refractivity contribution is 8.13. The Hall–Kier alpha value is -0.330. The highest BCUT2D eigenvalue weighted by atomic mass is 32.2. The van der Waals surface area contributed by atoms with Crippen LogP contribution in [0, 0.1) is 0 Å². The summed E-state index contributed by atoms with van der Waals surface area (Å²) < 4.78 is 60.6. The predicted octanol–water partition coefficient (Wildman–Crippen LogP) is 3.28. The van der Waals surface area contributed by atoms with E-state index in [4.69, 9.17) is 0 Å². The molecule has 0 aliphatic carbocycles. The molecule has 0 aliphatic heterocycles. The molecule has 1 atom stereocenters. The Morgan fingerprint density at radius 2 is 1.87 bits per heavy atom. The second kappa shape index (κ2) is 6.30. The lowest BCUT2D eigenvalue weighted by Crippen LogP contribution is -2.38. The molecular formula is C8H11F5OS. The largest absolute Gasteiger partial charge is 0.337 e. The third kappa shape index (κ3) is 4.81. The second-order valence-electron chi connectivity index (χ2n) is 2.81. The summed E-state index contributed by atoms with van der Waals surface area (Å²) in [4.78, 5) is 10.7. The van der Waals surface area contributed by atoms with Crippen molar-refractivity contribution >= 4 is 16.9 Å². The average Bonchev–Trinajstić information content (AvgIpc) is 2.16. The monoisotopic (exact) mass is 250 g/mol. The maximum Gasteiger partial charge on any atom is 0.337 e. The Bertz CT molecular complexity index is 209. The zero-order valence-electron chi connectivity index (χ0n) is 7.98. The van der Waals surface area contributed by atoms with Crippen LogP contribution in [0.25, 0.3) is 0 Å². The molecule has 0 aromatic rings. The van der Waals surface area contributed by atoms with Gasteiger partial charge in [-0.2, -0.15) is 8.78 Å². The summed E-state index contributed by atoms with van der Waals surface area (Å²) in [6.45, 7) is 1.57. The summed E-state index contributed by atoms with van der Waals surface area (Å²) >= 11 is 0.675. The van der Waals surface area contributed by atoms with Crippen LogP contribution in [-0.2, 0) is 4.79 Å². The first-order valence-electron chi connectivity index (χ1n) is 4.28. The minimum absolute atomic E-state index is 0.201. The zero-order valence-corrected chi connectivity index (χ0v) is 8.80. The smallest absolute Gasteiger partial charge is 0.287 e. The molecule has 15 heavy (non-hydrogen) atoms. The molecule has 0 spiro atoms. The molecule has 0 N–H and O–H groups in total. The number of halogens is 5. The summed E-state index contributed by atoms with van der Waals surface area (Å²) in [7, 11) is 0. The molecule has 0 heterocycles. The van der Waals surface area contributed by atoms with Crippen molar-refractivity contribution in [3.8, 4) is 0 Å². The van der Waals surface area contributed by atoms with Gasteiger partial charge in [-0.3, -0.25) is 4.79 Å². The average molecular weight is 250 g/mol. The van der Waals surface area contributed by atoms with E-state index in [2.05, 4.69) is 0 Å². The quantitative estimate of drug-likeness (QED) is 0.673. The van der Waals surface area contributed by atoms with Gasteiger partial charge < -0.3 is 0 Å². The van der Waals surface area contributed by atoms with E-state index in [1.165, 1.54) is 0 Å². The van der Waals surface area contributed by atoms with Gasteiger partial charge >= 0.3 is 12.3 Å². The van der Waals surface area contributed by atoms with Gasteiger partial charge in [0.15, 0.2) is 11.3 Å². The molecule has 0 radical (unpaired) electrons. The van der Waals surface area contributed by atoms with Gasteiger partial charge in [-0.25, -0.2) is 13.2 Å². The van der Waals surface area contributed by atoms with Gasteiger partial charge in [-0.15, -0.1) is 0 Å². The fourth-order valence-electron chi connectivity index (χ4n) is 0.707. The summed E-state index contributed by atoms with van der Waals surface area (Å²) in [6.07, 6.45) is -7.48. The molecule has 0 amide bonds. The van der Waals surface area contributed by atoms with Crippen molar-refractivity contribution in [3.05, 3.63) is 0 Å². The Morgan fingerprint density at radius 3 is 2.27 bits per heavy atom. The van der Waals surface area contributed by atoms with E-state index < -0.39 is 24.9 Å². The first-order valence-corrected chi connectivity index (χ1v) is 5.26. The third-order valence-corrected chi connectivity index (χ3v) is 2.68. The molecule has 0 aliphatic rings. The number of thioether (sulfide) groups is 1. The highest BCUT2D eigenvalue weighted by Crippen LogP contribution is 2.31. The first-order chi connectivity index (χ1) is 6.82. The van der Waals surface area contributed by atoms with Crippen LogP contribution in [0.3, 0.4) is 0 Å². The number of hydrogen-bond donors (Lipinski definition) is 0. The van der Waals surface area contributed by atoms with Gasteiger partial charge in [0, 0.05) is 12.2 Å². The van der Waals surface area contributed by atoms with Crippen molar-refractivity contribution < 1.29 is 26.7 Å². The van der Waals surface area contributed by atoms with Gasteiger partial charge in [0.1, 0.15) is 0 Å². The maximum atomic E-state index is 12.6. The zero-order chi connectivity index (χ0) is 12.1. The van der Waals surface area contributed by atoms with E-state index in [1.807, 2.05) is 0 Å². The van der Waals surface area contributed by atoms with Crippen molar-refractivity contribution in [3.63, 3.8) is 0 Å². The number of alkyl halides is 5. The van der Waals surface area contributed by atoms with Crippen molar-refractivity contribution in [1.29, 1.82) is 0 Å². The maximum absolute atomic E-state index is 12.6. The molecule has 1 nitrogen and oxygen atoms in total. The second-order valence-corrected chi connectivity index (χ2v) is 3.96. The summed E-state index contributed by atoms with van der Waals surface area (Å²) in [6, 6.07) is 0. The van der Waals surface area contributed by atoms with E-state index in [0.717, 1.165) is 0 Å². The van der Waals surface area contributed by atoms with Crippen molar-refractivity contribution in [2.75, 3.05) is 5.75 Å². The number of rotatable bonds is 6. The lowest BCUT2D eigenvalue weighted by molar-refractivity contribution is -0.170. The van der Waals surface area contributed by atoms with Crippen molar-refractivity contribution in [2.45, 2.75) is 38.3 Å². The summed E-state index contributed by atoms with van der Waals surface area (Å²) in [5.74, 6) is -4.84. The Labute approximate surface area is 88.4 Å². The van der Waals surface area contributed by atoms with E-state index in [1.54, 1.807) is 6.92 Å². The van der Waals surface area contributed by atoms with E-state index >= 15 is 0 Å². The van der Waals surface area contributed by atoms with Gasteiger partial charge in [0.05, 0.1) is 0 Å². The Morgan fingerprint density at radius 1 is 1.33 bits per heavy atom. The van der Waals surface area contributed by atoms with Crippen LogP contribution >= 0.6 is 11.8 Å². The van der Waals surface area contributed by atoms with Gasteiger partial charge in [-0.1, -0.05) is 18.7 Å². The lowest BCUT2D eigenvalue weighted by Gasteiger charge is -2.19. The Kier molecular flexibility index (Phi) is 6.16. The third-order valence-electron chi connectivity index (χ3n) is 1.63. The number of carbonyl (C=O) groups is 1. The highest BCUT2D eigenvalue weighted by Gasteiger charge is 2.48. The molecule has 90 valence electrons. The molecule has 0 saturated carbocycles. The molecular weight excluding hydrogens is 239 g/mol. The molecule has 0 saturated heterocycles. The topological polar surface area (TPSA) is 17.1 Å². The Balaban J connectivity index is 3.93. The van der Waals surface area contributed by atoms with E-state index in [0.29, 0.717) is 11.8 Å². The SMILES string of the molecule is CCC(=O)SCCC(F)C(F)(F)C(F)F. The van der Waals surface area contributed by atoms with Gasteiger partial charge in [-0.05, 0) is 6.42 Å². The number of hydrogen-bond acceptors (Lipinski definition) is 2. The van der Waals surface area contributed by atoms with Crippen LogP contribution < -0.4 is 0 Å². The van der Waals surface area contributed by atoms with Crippen LogP contribution in [0.2, 0.25) is 0 Å². The predicted molar refractivity (Wildman–Crippen MR) is 48.2 cm³/mol. The van der Waals surface area contributed by atoms with Crippen LogP contribution in [0.15, 0.2) is 0 Å². The van der Waals surface area contributed by atoms with E-state index in [9.17, 15) is 26.7 Å². The molecule has 0 rings (SSSR count). The van der Waals surface area contributed by atoms with E-state index in [-0.39, 0.29) is 17.3 Å². The van der Waals surface area contributed by atoms with Crippen LogP contribution in [0.5, 0.6) is 0 Å². The normalized spacial score (nSPS) is 14.3. The minimum atomic E-state index is -4.63. The number of carbonyl (C=O) groups excluding carboxylic acids is 1. The van der Waals surface area contributed by atoms with Gasteiger partial charge in [0.25, 0.3) is 0 Å². The van der Waals surface area contributed by atoms with Crippen molar-refractivity contribution in [2.24, 2.45) is 0 Å². The summed E-state index contributed by atoms with van der Waals surface area (Å²) in [5.41, 5.74) is 0. The molecule has 0 aromatic heterocycles. The fourth-order valence-corrected chi connectivity index (χ4v) is 1.46. The standard InChI is InChI=1S/C8H11F5OS/c1-2-6(14)15-4-3-5(9)8(12,13)7(10)11/h5,7H,2-4H2,1H3. The first kappa shape index (κ1) is 14.7. The molecule has 7 heteroatoms. The molecule has 0 bridgehead atoms. The molecule has 0 aromatic carbocycles. The van der Waals surface area contributed by atoms with Crippen molar-refractivity contribution in [1.82, 2.24) is 0 Å². The lowest BCUT2D eigenvalue weighted by atomic mass is 10.2. The van der Waals surface area contributed by atoms with Crippen LogP contribution in [-0.4, -0.2) is 29.4 Å². The van der Waals surface area contributed by atoms with Crippen LogP contribution in [0.1, 0.15) is 19.8 Å². The van der Waals surface area contributed by atoms with Crippen LogP contribution in [0.4, 0.5) is 22.0 Å². The molecule has 0 fully saturated rings. The summed E-state index contributed by atoms with van der Waals surface area (Å²) in [5, 5.41) is -0.275. The minimum Gasteiger partial charge on any atom is -0.287 e.